The van der Waals surface area contributed by atoms with Crippen LogP contribution in [-0.2, 0) is 21.3 Å². The highest BCUT2D eigenvalue weighted by Gasteiger charge is 2.22. The zero-order chi connectivity index (χ0) is 29.1. The molecular weight excluding hydrogens is 530 g/mol. The summed E-state index contributed by atoms with van der Waals surface area (Å²) in [6.07, 6.45) is 0.307. The number of aryl methyl sites for hydroxylation is 1. The van der Waals surface area contributed by atoms with E-state index >= 15 is 0 Å². The summed E-state index contributed by atoms with van der Waals surface area (Å²) in [5, 5.41) is 2.86. The van der Waals surface area contributed by atoms with E-state index in [0.717, 1.165) is 11.9 Å². The molecule has 0 aliphatic rings. The van der Waals surface area contributed by atoms with Gasteiger partial charge in [-0.25, -0.2) is 18.2 Å². The van der Waals surface area contributed by atoms with Crippen LogP contribution in [0.15, 0.2) is 77.7 Å². The van der Waals surface area contributed by atoms with E-state index in [0.29, 0.717) is 23.7 Å². The first kappa shape index (κ1) is 28.6. The monoisotopic (exact) mass is 563 g/mol. The molecule has 0 saturated heterocycles. The number of sulfonamides is 1. The Balaban J connectivity index is 1.58. The lowest BCUT2D eigenvalue weighted by molar-refractivity contribution is 0.0589. The summed E-state index contributed by atoms with van der Waals surface area (Å²) in [5.74, 6) is -0.103. The minimum absolute atomic E-state index is 0.120. The zero-order valence-corrected chi connectivity index (χ0v) is 24.0. The summed E-state index contributed by atoms with van der Waals surface area (Å²) in [4.78, 5) is 31.9. The topological polar surface area (TPSA) is 123 Å². The van der Waals surface area contributed by atoms with Crippen LogP contribution in [0.3, 0.4) is 0 Å². The van der Waals surface area contributed by atoms with Crippen LogP contribution >= 0.6 is 0 Å². The third kappa shape index (κ3) is 6.60. The van der Waals surface area contributed by atoms with Crippen LogP contribution in [0.4, 0.5) is 22.1 Å². The third-order valence-electron chi connectivity index (χ3n) is 5.89. The Morgan fingerprint density at radius 1 is 1.00 bits per heavy atom. The SMILES string of the molecule is CCCn1c(NC(=O)c2cccc(NS(=O)(=O)c3ccccc3)c2)nc2cc(N(C)C(=O)OC(C)(C)C)ccc21. The molecule has 10 nitrogen and oxygen atoms in total. The summed E-state index contributed by atoms with van der Waals surface area (Å²) >= 11 is 0. The highest BCUT2D eigenvalue weighted by atomic mass is 32.2. The average Bonchev–Trinajstić information content (AvgIpc) is 3.23. The van der Waals surface area contributed by atoms with Gasteiger partial charge in [-0.2, -0.15) is 0 Å². The second-order valence-electron chi connectivity index (χ2n) is 10.3. The first-order valence-electron chi connectivity index (χ1n) is 12.8. The Kier molecular flexibility index (Phi) is 8.15. The van der Waals surface area contributed by atoms with Crippen LogP contribution in [0.1, 0.15) is 44.5 Å². The summed E-state index contributed by atoms with van der Waals surface area (Å²) in [6, 6.07) is 19.7. The van der Waals surface area contributed by atoms with E-state index in [4.69, 9.17) is 4.74 Å². The number of benzene rings is 3. The molecule has 210 valence electrons. The molecule has 0 spiro atoms. The van der Waals surface area contributed by atoms with Crippen LogP contribution in [-0.4, -0.2) is 42.6 Å². The number of carbonyl (C=O) groups excluding carboxylic acids is 2. The van der Waals surface area contributed by atoms with Gasteiger partial charge in [-0.05, 0) is 75.7 Å². The molecule has 0 fully saturated rings. The summed E-state index contributed by atoms with van der Waals surface area (Å²) in [5.41, 5.74) is 1.87. The number of imidazole rings is 1. The molecule has 0 unspecified atom stereocenters. The van der Waals surface area contributed by atoms with Crippen molar-refractivity contribution >= 4 is 50.4 Å². The van der Waals surface area contributed by atoms with Crippen molar-refractivity contribution < 1.29 is 22.7 Å². The Hall–Kier alpha value is -4.38. The number of nitrogens with one attached hydrogen (secondary N) is 2. The first-order chi connectivity index (χ1) is 18.9. The van der Waals surface area contributed by atoms with Gasteiger partial charge in [0.2, 0.25) is 5.95 Å². The molecule has 0 aliphatic carbocycles. The number of hydrogen-bond acceptors (Lipinski definition) is 6. The van der Waals surface area contributed by atoms with Gasteiger partial charge in [-0.1, -0.05) is 31.2 Å². The molecule has 11 heteroatoms. The molecule has 1 heterocycles. The first-order valence-corrected chi connectivity index (χ1v) is 14.3. The number of nitrogens with zero attached hydrogens (tertiary/aromatic N) is 3. The highest BCUT2D eigenvalue weighted by molar-refractivity contribution is 7.92. The van der Waals surface area contributed by atoms with Crippen molar-refractivity contribution in [3.63, 3.8) is 0 Å². The number of aromatic nitrogens is 2. The van der Waals surface area contributed by atoms with Gasteiger partial charge in [0.25, 0.3) is 15.9 Å². The Morgan fingerprint density at radius 3 is 2.40 bits per heavy atom. The van der Waals surface area contributed by atoms with Crippen LogP contribution < -0.4 is 14.9 Å². The van der Waals surface area contributed by atoms with Crippen molar-refractivity contribution in [3.8, 4) is 0 Å². The van der Waals surface area contributed by atoms with Crippen molar-refractivity contribution in [1.82, 2.24) is 9.55 Å². The molecule has 3 aromatic carbocycles. The molecular formula is C29H33N5O5S. The molecule has 0 saturated carbocycles. The Bertz CT molecular complexity index is 1640. The van der Waals surface area contributed by atoms with Crippen LogP contribution in [0.25, 0.3) is 11.0 Å². The smallest absolute Gasteiger partial charge is 0.414 e. The highest BCUT2D eigenvalue weighted by Crippen LogP contribution is 2.27. The van der Waals surface area contributed by atoms with Gasteiger partial charge >= 0.3 is 6.09 Å². The lowest BCUT2D eigenvalue weighted by atomic mass is 10.2. The predicted molar refractivity (Wildman–Crippen MR) is 156 cm³/mol. The maximum absolute atomic E-state index is 13.2. The number of amides is 2. The molecule has 2 amide bonds. The number of rotatable bonds is 8. The summed E-state index contributed by atoms with van der Waals surface area (Å²) < 4.78 is 35.3. The van der Waals surface area contributed by atoms with E-state index in [1.54, 1.807) is 76.3 Å². The fraction of sp³-hybridized carbons (Fsp3) is 0.276. The lowest BCUT2D eigenvalue weighted by Crippen LogP contribution is -2.34. The number of hydrogen-bond donors (Lipinski definition) is 2. The third-order valence-corrected chi connectivity index (χ3v) is 7.29. The quantitative estimate of drug-likeness (QED) is 0.276. The van der Waals surface area contributed by atoms with E-state index < -0.39 is 27.6 Å². The maximum Gasteiger partial charge on any atom is 0.414 e. The van der Waals surface area contributed by atoms with Crippen LogP contribution in [0.5, 0.6) is 0 Å². The van der Waals surface area contributed by atoms with Crippen LogP contribution in [0.2, 0.25) is 0 Å². The molecule has 1 aromatic heterocycles. The van der Waals surface area contributed by atoms with E-state index in [1.165, 1.54) is 23.1 Å². The van der Waals surface area contributed by atoms with E-state index in [2.05, 4.69) is 15.0 Å². The van der Waals surface area contributed by atoms with Crippen molar-refractivity contribution in [2.24, 2.45) is 0 Å². The van der Waals surface area contributed by atoms with Crippen molar-refractivity contribution in [1.29, 1.82) is 0 Å². The molecule has 0 aliphatic heterocycles. The number of anilines is 3. The normalized spacial score (nSPS) is 11.7. The number of fused-ring (bicyclic) bond motifs is 1. The average molecular weight is 564 g/mol. The van der Waals surface area contributed by atoms with Gasteiger partial charge in [0.1, 0.15) is 5.60 Å². The minimum atomic E-state index is -3.81. The van der Waals surface area contributed by atoms with Gasteiger partial charge in [0.05, 0.1) is 15.9 Å². The molecule has 4 rings (SSSR count). The van der Waals surface area contributed by atoms with Gasteiger partial charge in [-0.3, -0.25) is 19.7 Å². The standard InChI is InChI=1S/C29H33N5O5S/c1-6-17-34-25-16-15-22(33(5)28(36)39-29(2,3)4)19-24(25)30-27(34)31-26(35)20-11-10-12-21(18-20)32-40(37,38)23-13-8-7-9-14-23/h7-16,18-19,32H,6,17H2,1-5H3,(H,30,31,35). The second-order valence-corrected chi connectivity index (χ2v) is 11.9. The molecule has 0 bridgehead atoms. The van der Waals surface area contributed by atoms with Crippen molar-refractivity contribution in [2.45, 2.75) is 51.2 Å². The van der Waals surface area contributed by atoms with Gasteiger partial charge in [0.15, 0.2) is 0 Å². The molecule has 40 heavy (non-hydrogen) atoms. The molecule has 4 aromatic rings. The lowest BCUT2D eigenvalue weighted by Gasteiger charge is -2.24. The van der Waals surface area contributed by atoms with Crippen molar-refractivity contribution in [3.05, 3.63) is 78.4 Å². The van der Waals surface area contributed by atoms with Crippen LogP contribution in [0, 0.1) is 0 Å². The Labute approximate surface area is 234 Å². The van der Waals surface area contributed by atoms with Gasteiger partial charge < -0.3 is 9.30 Å². The molecule has 0 atom stereocenters. The minimum Gasteiger partial charge on any atom is -0.443 e. The number of carbonyl (C=O) groups is 2. The Morgan fingerprint density at radius 2 is 1.73 bits per heavy atom. The maximum atomic E-state index is 13.2. The van der Waals surface area contributed by atoms with Crippen molar-refractivity contribution in [2.75, 3.05) is 22.0 Å². The fourth-order valence-electron chi connectivity index (χ4n) is 4.02. The second kappa shape index (κ2) is 11.4. The van der Waals surface area contributed by atoms with Gasteiger partial charge in [-0.15, -0.1) is 0 Å². The molecule has 0 radical (unpaired) electrons. The predicted octanol–water partition coefficient (Wildman–Crippen LogP) is 5.87. The summed E-state index contributed by atoms with van der Waals surface area (Å²) in [7, 11) is -2.18. The molecule has 2 N–H and O–H groups in total. The fourth-order valence-corrected chi connectivity index (χ4v) is 5.09. The zero-order valence-electron chi connectivity index (χ0n) is 23.1. The van der Waals surface area contributed by atoms with E-state index in [9.17, 15) is 18.0 Å². The summed E-state index contributed by atoms with van der Waals surface area (Å²) in [6.45, 7) is 8.03. The van der Waals surface area contributed by atoms with E-state index in [-0.39, 0.29) is 16.1 Å². The largest absolute Gasteiger partial charge is 0.443 e. The van der Waals surface area contributed by atoms with Gasteiger partial charge in [0, 0.05) is 30.5 Å². The van der Waals surface area contributed by atoms with E-state index in [1.807, 2.05) is 17.6 Å². The number of ether oxygens (including phenoxy) is 1.